The molecule has 1 aromatic heterocycles. The van der Waals surface area contributed by atoms with Gasteiger partial charge >= 0.3 is 0 Å². The van der Waals surface area contributed by atoms with Crippen LogP contribution in [0.3, 0.4) is 0 Å². The topological polar surface area (TPSA) is 42.4 Å². The highest BCUT2D eigenvalue weighted by Gasteiger charge is 2.34. The van der Waals surface area contributed by atoms with Gasteiger partial charge in [-0.3, -0.25) is 4.90 Å². The van der Waals surface area contributed by atoms with Gasteiger partial charge in [-0.2, -0.15) is 0 Å². The van der Waals surface area contributed by atoms with Crippen molar-refractivity contribution in [3.05, 3.63) is 22.6 Å². The van der Waals surface area contributed by atoms with Gasteiger partial charge in [-0.05, 0) is 59.2 Å². The first kappa shape index (κ1) is 12.7. The van der Waals surface area contributed by atoms with E-state index in [1.165, 1.54) is 38.8 Å². The molecule has 2 aliphatic rings. The van der Waals surface area contributed by atoms with Crippen LogP contribution in [-0.2, 0) is 0 Å². The molecular weight excluding hydrogens is 292 g/mol. The normalized spacial score (nSPS) is 30.3. The van der Waals surface area contributed by atoms with Gasteiger partial charge in [-0.25, -0.2) is 0 Å². The lowest BCUT2D eigenvalue weighted by Crippen LogP contribution is -2.46. The van der Waals surface area contributed by atoms with E-state index in [2.05, 4.69) is 20.8 Å². The summed E-state index contributed by atoms with van der Waals surface area (Å²) in [7, 11) is 0. The van der Waals surface area contributed by atoms with E-state index in [4.69, 9.17) is 10.2 Å². The van der Waals surface area contributed by atoms with Crippen LogP contribution in [0.1, 0.15) is 37.5 Å². The monoisotopic (exact) mass is 312 g/mol. The lowest BCUT2D eigenvalue weighted by Gasteiger charge is -2.44. The summed E-state index contributed by atoms with van der Waals surface area (Å²) in [5.41, 5.74) is 5.98. The van der Waals surface area contributed by atoms with Crippen molar-refractivity contribution in [1.29, 1.82) is 0 Å². The van der Waals surface area contributed by atoms with Gasteiger partial charge in [0.15, 0.2) is 4.67 Å². The fraction of sp³-hybridized carbons (Fsp3) is 0.714. The van der Waals surface area contributed by atoms with Crippen LogP contribution in [0.25, 0.3) is 0 Å². The summed E-state index contributed by atoms with van der Waals surface area (Å²) in [6, 6.07) is 4.26. The smallest absolute Gasteiger partial charge is 0.169 e. The van der Waals surface area contributed by atoms with Crippen LogP contribution < -0.4 is 5.73 Å². The molecule has 3 rings (SSSR count). The maximum Gasteiger partial charge on any atom is 0.169 e. The Balaban J connectivity index is 1.75. The second-order valence-electron chi connectivity index (χ2n) is 5.75. The molecule has 2 bridgehead atoms. The minimum atomic E-state index is 0.250. The minimum Gasteiger partial charge on any atom is -0.453 e. The van der Waals surface area contributed by atoms with Gasteiger partial charge in [0.2, 0.25) is 0 Å². The summed E-state index contributed by atoms with van der Waals surface area (Å²) in [6.07, 6.45) is 5.64. The van der Waals surface area contributed by atoms with E-state index in [1.54, 1.807) is 0 Å². The number of hydrogen-bond acceptors (Lipinski definition) is 3. The zero-order chi connectivity index (χ0) is 12.5. The van der Waals surface area contributed by atoms with Crippen molar-refractivity contribution in [3.8, 4) is 0 Å². The molecule has 100 valence electrons. The van der Waals surface area contributed by atoms with Gasteiger partial charge in [0, 0.05) is 19.6 Å². The third-order valence-electron chi connectivity index (χ3n) is 4.46. The predicted molar refractivity (Wildman–Crippen MR) is 75.2 cm³/mol. The van der Waals surface area contributed by atoms with Crippen LogP contribution in [0, 0.1) is 11.8 Å². The minimum absolute atomic E-state index is 0.250. The maximum absolute atomic E-state index is 5.98. The second kappa shape index (κ2) is 5.35. The Morgan fingerprint density at radius 3 is 2.61 bits per heavy atom. The summed E-state index contributed by atoms with van der Waals surface area (Å²) in [6.45, 7) is 3.02. The summed E-state index contributed by atoms with van der Waals surface area (Å²) in [5.74, 6) is 2.76. The number of fused-ring (bicyclic) bond motifs is 2. The summed E-state index contributed by atoms with van der Waals surface area (Å²) in [5, 5.41) is 0. The van der Waals surface area contributed by atoms with Gasteiger partial charge in [-0.15, -0.1) is 0 Å². The van der Waals surface area contributed by atoms with Gasteiger partial charge in [0.25, 0.3) is 0 Å². The molecule has 18 heavy (non-hydrogen) atoms. The Hall–Kier alpha value is -0.320. The zero-order valence-electron chi connectivity index (χ0n) is 10.6. The molecule has 1 aliphatic carbocycles. The molecule has 0 spiro atoms. The number of rotatable bonds is 3. The Morgan fingerprint density at radius 2 is 2.06 bits per heavy atom. The van der Waals surface area contributed by atoms with E-state index in [9.17, 15) is 0 Å². The average Bonchev–Trinajstić information content (AvgIpc) is 2.76. The van der Waals surface area contributed by atoms with Crippen molar-refractivity contribution in [2.75, 3.05) is 19.6 Å². The highest BCUT2D eigenvalue weighted by molar-refractivity contribution is 9.10. The van der Waals surface area contributed by atoms with Crippen molar-refractivity contribution in [2.24, 2.45) is 17.6 Å². The fourth-order valence-electron chi connectivity index (χ4n) is 3.68. The molecule has 1 saturated heterocycles. The van der Waals surface area contributed by atoms with Crippen LogP contribution in [-0.4, -0.2) is 24.5 Å². The third-order valence-corrected chi connectivity index (χ3v) is 4.89. The average molecular weight is 313 g/mol. The molecule has 0 aromatic carbocycles. The summed E-state index contributed by atoms with van der Waals surface area (Å²) in [4.78, 5) is 2.54. The zero-order valence-corrected chi connectivity index (χ0v) is 12.2. The van der Waals surface area contributed by atoms with Crippen molar-refractivity contribution in [1.82, 2.24) is 4.90 Å². The van der Waals surface area contributed by atoms with Crippen LogP contribution >= 0.6 is 15.9 Å². The summed E-state index contributed by atoms with van der Waals surface area (Å²) >= 11 is 3.38. The largest absolute Gasteiger partial charge is 0.453 e. The first-order valence-corrected chi connectivity index (χ1v) is 7.75. The number of furan rings is 1. The highest BCUT2D eigenvalue weighted by Crippen LogP contribution is 2.37. The first-order chi connectivity index (χ1) is 8.76. The van der Waals surface area contributed by atoms with Crippen LogP contribution in [0.4, 0.5) is 0 Å². The van der Waals surface area contributed by atoms with Crippen LogP contribution in [0.2, 0.25) is 0 Å². The fourth-order valence-corrected chi connectivity index (χ4v) is 4.00. The predicted octanol–water partition coefficient (Wildman–Crippen LogP) is 3.16. The Kier molecular flexibility index (Phi) is 3.78. The lowest BCUT2D eigenvalue weighted by molar-refractivity contribution is 0.0477. The van der Waals surface area contributed by atoms with Gasteiger partial charge in [0.05, 0.1) is 6.04 Å². The molecule has 1 aromatic rings. The summed E-state index contributed by atoms with van der Waals surface area (Å²) < 4.78 is 6.51. The molecule has 2 N–H and O–H groups in total. The van der Waals surface area contributed by atoms with Gasteiger partial charge in [-0.1, -0.05) is 6.42 Å². The van der Waals surface area contributed by atoms with Gasteiger partial charge in [0.1, 0.15) is 5.76 Å². The molecule has 1 aliphatic heterocycles. The van der Waals surface area contributed by atoms with E-state index in [1.807, 2.05) is 12.1 Å². The molecule has 0 radical (unpaired) electrons. The molecule has 3 unspecified atom stereocenters. The van der Waals surface area contributed by atoms with E-state index >= 15 is 0 Å². The quantitative estimate of drug-likeness (QED) is 0.932. The van der Waals surface area contributed by atoms with Gasteiger partial charge < -0.3 is 10.2 Å². The molecule has 1 saturated carbocycles. The highest BCUT2D eigenvalue weighted by atomic mass is 79.9. The standard InChI is InChI=1S/C14H21BrN2O/c15-14-5-4-13(18-14)12(7-16)17-8-10-2-1-3-11(6-10)9-17/h4-5,10-12H,1-3,6-9,16H2. The van der Waals surface area contributed by atoms with Crippen molar-refractivity contribution in [2.45, 2.75) is 31.7 Å². The number of nitrogens with zero attached hydrogens (tertiary/aromatic N) is 1. The molecule has 4 heteroatoms. The second-order valence-corrected chi connectivity index (χ2v) is 6.53. The molecule has 3 atom stereocenters. The van der Waals surface area contributed by atoms with Crippen molar-refractivity contribution >= 4 is 15.9 Å². The number of halogens is 1. The molecule has 0 amide bonds. The number of piperidine rings is 1. The number of nitrogens with two attached hydrogens (primary N) is 1. The van der Waals surface area contributed by atoms with Crippen molar-refractivity contribution in [3.63, 3.8) is 0 Å². The molecular formula is C14H21BrN2O. The number of likely N-dealkylation sites (tertiary alicyclic amines) is 1. The van der Waals surface area contributed by atoms with Crippen molar-refractivity contribution < 1.29 is 4.42 Å². The van der Waals surface area contributed by atoms with E-state index < -0.39 is 0 Å². The molecule has 2 heterocycles. The van der Waals surface area contributed by atoms with E-state index in [0.29, 0.717) is 6.54 Å². The maximum atomic E-state index is 5.98. The van der Waals surface area contributed by atoms with Crippen LogP contribution in [0.5, 0.6) is 0 Å². The van der Waals surface area contributed by atoms with E-state index in [-0.39, 0.29) is 6.04 Å². The third kappa shape index (κ3) is 2.51. The Bertz CT molecular complexity index is 394. The SMILES string of the molecule is NCC(c1ccc(Br)o1)N1CC2CCCC(C2)C1. The lowest BCUT2D eigenvalue weighted by atomic mass is 9.77. The molecule has 2 fully saturated rings. The molecule has 3 nitrogen and oxygen atoms in total. The Labute approximate surface area is 117 Å². The first-order valence-electron chi connectivity index (χ1n) is 6.95. The van der Waals surface area contributed by atoms with E-state index in [0.717, 1.165) is 22.3 Å². The Morgan fingerprint density at radius 1 is 1.33 bits per heavy atom. The number of hydrogen-bond donors (Lipinski definition) is 1. The van der Waals surface area contributed by atoms with Crippen LogP contribution in [0.15, 0.2) is 21.2 Å².